The molecule has 0 spiro atoms. The molecule has 5 rings (SSSR count). The maximum Gasteiger partial charge on any atom is 0.279 e. The molecule has 0 radical (unpaired) electrons. The molecule has 0 bridgehead atoms. The zero-order valence-electron chi connectivity index (χ0n) is 15.8. The maximum absolute atomic E-state index is 11.6. The molecule has 2 N–H and O–H groups in total. The summed E-state index contributed by atoms with van der Waals surface area (Å²) in [6, 6.07) is 12.9. The minimum Gasteiger partial charge on any atom is -0.508 e. The summed E-state index contributed by atoms with van der Waals surface area (Å²) in [4.78, 5) is 17.2. The van der Waals surface area contributed by atoms with Gasteiger partial charge >= 0.3 is 0 Å². The Bertz CT molecular complexity index is 1090. The average molecular weight is 377 g/mol. The van der Waals surface area contributed by atoms with E-state index in [0.717, 1.165) is 54.5 Å². The minimum atomic E-state index is -0.277. The summed E-state index contributed by atoms with van der Waals surface area (Å²) in [5.74, 6) is 0.641. The molecule has 1 saturated heterocycles. The molecule has 2 heterocycles. The summed E-state index contributed by atoms with van der Waals surface area (Å²) in [5, 5.41) is 22.5. The van der Waals surface area contributed by atoms with Gasteiger partial charge in [-0.05, 0) is 68.1 Å². The number of aromatic nitrogens is 1. The first kappa shape index (κ1) is 17.3. The molecule has 2 atom stereocenters. The number of nitrogens with one attached hydrogen (secondary N) is 1. The molecule has 2 aliphatic rings. The molecule has 144 valence electrons. The molecule has 6 heteroatoms. The number of nitro benzene ring substituents is 1. The summed E-state index contributed by atoms with van der Waals surface area (Å²) >= 11 is 0. The number of piperidine rings is 1. The topological polar surface area (TPSA) is 82.4 Å². The number of aromatic amines is 1. The van der Waals surface area contributed by atoms with Crippen molar-refractivity contribution >= 4 is 16.6 Å². The number of nitro groups is 1. The average Bonchev–Trinajstić information content (AvgIpc) is 3.03. The van der Waals surface area contributed by atoms with E-state index in [1.165, 1.54) is 5.56 Å². The van der Waals surface area contributed by atoms with Gasteiger partial charge < -0.3 is 15.0 Å². The Morgan fingerprint density at radius 2 is 2.11 bits per heavy atom. The Morgan fingerprint density at radius 3 is 2.89 bits per heavy atom. The van der Waals surface area contributed by atoms with Gasteiger partial charge in [-0.25, -0.2) is 0 Å². The molecule has 0 saturated carbocycles. The van der Waals surface area contributed by atoms with Crippen LogP contribution in [0.1, 0.15) is 23.2 Å². The molecule has 3 aromatic rings. The molecular formula is C22H23N3O3. The van der Waals surface area contributed by atoms with Gasteiger partial charge in [-0.3, -0.25) is 10.1 Å². The van der Waals surface area contributed by atoms with Crippen LogP contribution >= 0.6 is 0 Å². The molecule has 0 amide bonds. The second-order valence-corrected chi connectivity index (χ2v) is 8.34. The summed E-state index contributed by atoms with van der Waals surface area (Å²) in [6.45, 7) is 1.95. The predicted molar refractivity (Wildman–Crippen MR) is 108 cm³/mol. The van der Waals surface area contributed by atoms with E-state index in [9.17, 15) is 15.2 Å². The Kier molecular flexibility index (Phi) is 3.74. The van der Waals surface area contributed by atoms with Crippen LogP contribution in [0.5, 0.6) is 5.75 Å². The molecule has 1 fully saturated rings. The third-order valence-corrected chi connectivity index (χ3v) is 6.81. The smallest absolute Gasteiger partial charge is 0.279 e. The van der Waals surface area contributed by atoms with Gasteiger partial charge in [0.15, 0.2) is 0 Å². The van der Waals surface area contributed by atoms with Crippen LogP contribution in [-0.2, 0) is 18.3 Å². The minimum absolute atomic E-state index is 0.0616. The molecule has 1 aromatic heterocycles. The van der Waals surface area contributed by atoms with Gasteiger partial charge in [-0.15, -0.1) is 0 Å². The highest BCUT2D eigenvalue weighted by molar-refractivity contribution is 5.93. The lowest BCUT2D eigenvalue weighted by Gasteiger charge is -2.50. The molecule has 2 aromatic carbocycles. The van der Waals surface area contributed by atoms with Crippen LogP contribution in [0.25, 0.3) is 10.9 Å². The van der Waals surface area contributed by atoms with Crippen LogP contribution in [0.2, 0.25) is 0 Å². The van der Waals surface area contributed by atoms with Crippen molar-refractivity contribution in [3.8, 4) is 5.75 Å². The zero-order chi connectivity index (χ0) is 19.5. The van der Waals surface area contributed by atoms with Crippen LogP contribution < -0.4 is 0 Å². The van der Waals surface area contributed by atoms with Crippen molar-refractivity contribution in [1.82, 2.24) is 9.88 Å². The van der Waals surface area contributed by atoms with Crippen molar-refractivity contribution in [2.45, 2.75) is 24.7 Å². The normalized spacial score (nSPS) is 24.7. The fourth-order valence-corrected chi connectivity index (χ4v) is 5.47. The first-order valence-electron chi connectivity index (χ1n) is 9.73. The number of H-pyrrole nitrogens is 1. The largest absolute Gasteiger partial charge is 0.508 e. The summed E-state index contributed by atoms with van der Waals surface area (Å²) in [6.07, 6.45) is 2.63. The number of likely N-dealkylation sites (tertiary alicyclic amines) is 1. The van der Waals surface area contributed by atoms with Crippen LogP contribution in [0.15, 0.2) is 42.5 Å². The zero-order valence-corrected chi connectivity index (χ0v) is 15.8. The first-order valence-corrected chi connectivity index (χ1v) is 9.73. The monoisotopic (exact) mass is 377 g/mol. The second kappa shape index (κ2) is 6.07. The van der Waals surface area contributed by atoms with Gasteiger partial charge in [0.2, 0.25) is 0 Å². The lowest BCUT2D eigenvalue weighted by molar-refractivity contribution is -0.383. The Hall–Kier alpha value is -2.86. The van der Waals surface area contributed by atoms with Gasteiger partial charge in [-0.2, -0.15) is 0 Å². The van der Waals surface area contributed by atoms with E-state index in [0.29, 0.717) is 11.7 Å². The van der Waals surface area contributed by atoms with Gasteiger partial charge in [0, 0.05) is 23.7 Å². The van der Waals surface area contributed by atoms with Crippen molar-refractivity contribution in [3.05, 3.63) is 69.4 Å². The van der Waals surface area contributed by atoms with Crippen LogP contribution in [0.4, 0.5) is 5.69 Å². The fourth-order valence-electron chi connectivity index (χ4n) is 5.47. The van der Waals surface area contributed by atoms with Gasteiger partial charge in [0.1, 0.15) is 5.75 Å². The number of rotatable bonds is 2. The molecule has 1 aliphatic heterocycles. The molecule has 1 aliphatic carbocycles. The molecule has 6 nitrogen and oxygen atoms in total. The Labute approximate surface area is 162 Å². The number of non-ortho nitro benzene ring substituents is 1. The third-order valence-electron chi connectivity index (χ3n) is 6.81. The van der Waals surface area contributed by atoms with Crippen molar-refractivity contribution in [2.75, 3.05) is 20.1 Å². The van der Waals surface area contributed by atoms with Crippen LogP contribution in [0, 0.1) is 16.0 Å². The van der Waals surface area contributed by atoms with Gasteiger partial charge in [-0.1, -0.05) is 18.2 Å². The molecule has 1 unspecified atom stereocenters. The maximum atomic E-state index is 11.6. The third kappa shape index (κ3) is 2.44. The fraction of sp³-hybridized carbons (Fsp3) is 0.364. The quantitative estimate of drug-likeness (QED) is 0.526. The molecule has 28 heavy (non-hydrogen) atoms. The van der Waals surface area contributed by atoms with Crippen LogP contribution in [0.3, 0.4) is 0 Å². The van der Waals surface area contributed by atoms with Crippen molar-refractivity contribution in [2.24, 2.45) is 5.92 Å². The van der Waals surface area contributed by atoms with Crippen molar-refractivity contribution in [3.63, 3.8) is 0 Å². The van der Waals surface area contributed by atoms with Crippen molar-refractivity contribution in [1.29, 1.82) is 0 Å². The highest BCUT2D eigenvalue weighted by Gasteiger charge is 2.48. The van der Waals surface area contributed by atoms with Gasteiger partial charge in [0.05, 0.1) is 15.8 Å². The number of hydrogen-bond donors (Lipinski definition) is 2. The molecular weight excluding hydrogens is 354 g/mol. The Balaban J connectivity index is 1.70. The highest BCUT2D eigenvalue weighted by atomic mass is 16.6. The lowest BCUT2D eigenvalue weighted by Crippen LogP contribution is -2.52. The van der Waals surface area contributed by atoms with E-state index in [1.807, 2.05) is 18.2 Å². The number of aromatic hydroxyl groups is 1. The van der Waals surface area contributed by atoms with E-state index < -0.39 is 0 Å². The van der Waals surface area contributed by atoms with E-state index in [4.69, 9.17) is 0 Å². The number of benzene rings is 2. The summed E-state index contributed by atoms with van der Waals surface area (Å²) in [5.41, 5.74) is 4.34. The van der Waals surface area contributed by atoms with E-state index in [1.54, 1.807) is 18.2 Å². The van der Waals surface area contributed by atoms with E-state index in [2.05, 4.69) is 23.0 Å². The van der Waals surface area contributed by atoms with Gasteiger partial charge in [0.25, 0.3) is 5.69 Å². The highest BCUT2D eigenvalue weighted by Crippen LogP contribution is 2.50. The SMILES string of the molecule is CN1CC[C@]2(c3cccc(O)c3)Cc3[nH]c4cccc([N+](=O)[O-])c4c3CC2C1. The lowest BCUT2D eigenvalue weighted by atomic mass is 9.59. The Morgan fingerprint density at radius 1 is 1.29 bits per heavy atom. The number of hydrogen-bond acceptors (Lipinski definition) is 4. The number of nitrogens with zero attached hydrogens (tertiary/aromatic N) is 2. The van der Waals surface area contributed by atoms with Crippen LogP contribution in [-0.4, -0.2) is 40.1 Å². The van der Waals surface area contributed by atoms with E-state index in [-0.39, 0.29) is 16.0 Å². The second-order valence-electron chi connectivity index (χ2n) is 8.34. The van der Waals surface area contributed by atoms with Crippen molar-refractivity contribution < 1.29 is 10.0 Å². The first-order chi connectivity index (χ1) is 13.5. The standard InChI is InChI=1S/C22H23N3O3/c1-24-9-8-22(14-4-2-5-16(26)10-14)12-19-17(11-15(22)13-24)21-18(23-19)6-3-7-20(21)25(27)28/h2-7,10,15,23,26H,8-9,11-13H2,1H3/t15?,22-/m1/s1. The summed E-state index contributed by atoms with van der Waals surface area (Å²) < 4.78 is 0. The predicted octanol–water partition coefficient (Wildman–Crippen LogP) is 3.77. The summed E-state index contributed by atoms with van der Waals surface area (Å²) in [7, 11) is 2.14. The number of phenolic OH excluding ortho intramolecular Hbond substituents is 1. The van der Waals surface area contributed by atoms with E-state index >= 15 is 0 Å². The number of fused-ring (bicyclic) bond motifs is 4. The number of phenols is 1.